The van der Waals surface area contributed by atoms with Gasteiger partial charge in [0.2, 0.25) is 0 Å². The molecule has 0 radical (unpaired) electrons. The number of carbonyl (C=O) groups is 1. The van der Waals surface area contributed by atoms with Crippen LogP contribution in [-0.2, 0) is 0 Å². The van der Waals surface area contributed by atoms with Crippen molar-refractivity contribution < 1.29 is 14.3 Å². The summed E-state index contributed by atoms with van der Waals surface area (Å²) in [6.45, 7) is 2.63. The zero-order valence-electron chi connectivity index (χ0n) is 11.5. The van der Waals surface area contributed by atoms with E-state index in [-0.39, 0.29) is 11.7 Å². The van der Waals surface area contributed by atoms with Crippen molar-refractivity contribution >= 4 is 38.9 Å². The van der Waals surface area contributed by atoms with Gasteiger partial charge in [0.1, 0.15) is 10.7 Å². The van der Waals surface area contributed by atoms with Crippen molar-refractivity contribution in [2.24, 2.45) is 0 Å². The van der Waals surface area contributed by atoms with Crippen molar-refractivity contribution in [3.05, 3.63) is 33.9 Å². The highest BCUT2D eigenvalue weighted by Crippen LogP contribution is 2.37. The minimum atomic E-state index is -0.858. The van der Waals surface area contributed by atoms with E-state index in [0.717, 1.165) is 6.42 Å². The molecule has 1 unspecified atom stereocenters. The topological polar surface area (TPSA) is 40.5 Å². The van der Waals surface area contributed by atoms with Gasteiger partial charge in [0.25, 0.3) is 5.91 Å². The molecule has 3 rings (SSSR count). The van der Waals surface area contributed by atoms with Crippen LogP contribution < -0.4 is 0 Å². The minimum Gasteiger partial charge on any atom is -0.388 e. The van der Waals surface area contributed by atoms with Crippen LogP contribution >= 0.6 is 22.9 Å². The molecule has 0 bridgehead atoms. The number of amides is 1. The summed E-state index contributed by atoms with van der Waals surface area (Å²) in [5.74, 6) is -0.540. The van der Waals surface area contributed by atoms with E-state index in [2.05, 4.69) is 0 Å². The molecule has 0 aliphatic carbocycles. The third-order valence-electron chi connectivity index (χ3n) is 3.75. The number of rotatable bonds is 1. The molecule has 3 nitrogen and oxygen atoms in total. The molecule has 1 amide bonds. The summed E-state index contributed by atoms with van der Waals surface area (Å²) in [6.07, 6.45) is 1.44. The number of piperidine rings is 1. The Morgan fingerprint density at radius 2 is 2.29 bits per heavy atom. The number of halogens is 2. The largest absolute Gasteiger partial charge is 0.388 e. The molecule has 1 N–H and O–H groups in total. The Hall–Kier alpha value is -1.17. The van der Waals surface area contributed by atoms with Crippen LogP contribution in [0.5, 0.6) is 0 Å². The van der Waals surface area contributed by atoms with Crippen LogP contribution in [0, 0.1) is 5.82 Å². The average molecular weight is 328 g/mol. The minimum absolute atomic E-state index is 0.193. The lowest BCUT2D eigenvalue weighted by Gasteiger charge is -2.36. The average Bonchev–Trinajstić information content (AvgIpc) is 2.73. The first-order valence-corrected chi connectivity index (χ1v) is 7.96. The molecular weight excluding hydrogens is 313 g/mol. The van der Waals surface area contributed by atoms with Crippen molar-refractivity contribution in [3.63, 3.8) is 0 Å². The number of thiophene rings is 1. The second-order valence-corrected chi connectivity index (χ2v) is 7.14. The Morgan fingerprint density at radius 1 is 1.52 bits per heavy atom. The van der Waals surface area contributed by atoms with Crippen molar-refractivity contribution in [1.29, 1.82) is 0 Å². The molecule has 112 valence electrons. The fourth-order valence-electron chi connectivity index (χ4n) is 2.71. The highest BCUT2D eigenvalue weighted by Gasteiger charge is 2.32. The third kappa shape index (κ3) is 2.78. The maximum absolute atomic E-state index is 13.3. The SMILES string of the molecule is CC1(O)CCCN(C(=O)c2sc3cc(F)ccc3c2Cl)C1. The number of benzene rings is 1. The summed E-state index contributed by atoms with van der Waals surface area (Å²) in [6, 6.07) is 4.31. The highest BCUT2D eigenvalue weighted by atomic mass is 35.5. The molecule has 2 aromatic rings. The van der Waals surface area contributed by atoms with Crippen molar-refractivity contribution in [1.82, 2.24) is 4.90 Å². The number of nitrogens with zero attached hydrogens (tertiary/aromatic N) is 1. The lowest BCUT2D eigenvalue weighted by Crippen LogP contribution is -2.48. The van der Waals surface area contributed by atoms with Gasteiger partial charge in [-0.3, -0.25) is 4.79 Å². The predicted octanol–water partition coefficient (Wildman–Crippen LogP) is 3.68. The maximum Gasteiger partial charge on any atom is 0.265 e. The molecular formula is C15H15ClFNO2S. The molecule has 1 aromatic carbocycles. The Bertz CT molecular complexity index is 713. The van der Waals surface area contributed by atoms with Crippen LogP contribution in [-0.4, -0.2) is 34.6 Å². The van der Waals surface area contributed by atoms with E-state index in [4.69, 9.17) is 11.6 Å². The molecule has 1 atom stereocenters. The smallest absolute Gasteiger partial charge is 0.265 e. The van der Waals surface area contributed by atoms with Gasteiger partial charge in [0.15, 0.2) is 0 Å². The Balaban J connectivity index is 1.96. The van der Waals surface area contributed by atoms with Gasteiger partial charge in [0, 0.05) is 23.2 Å². The maximum atomic E-state index is 13.3. The van der Waals surface area contributed by atoms with Gasteiger partial charge in [-0.05, 0) is 38.0 Å². The first kappa shape index (κ1) is 14.8. The van der Waals surface area contributed by atoms with Crippen LogP contribution in [0.25, 0.3) is 10.1 Å². The summed E-state index contributed by atoms with van der Waals surface area (Å²) >= 11 is 7.47. The first-order chi connectivity index (χ1) is 9.87. The molecule has 6 heteroatoms. The zero-order valence-corrected chi connectivity index (χ0v) is 13.1. The van der Waals surface area contributed by atoms with E-state index >= 15 is 0 Å². The fraction of sp³-hybridized carbons (Fsp3) is 0.400. The van der Waals surface area contributed by atoms with E-state index in [1.54, 1.807) is 17.9 Å². The number of fused-ring (bicyclic) bond motifs is 1. The van der Waals surface area contributed by atoms with Crippen LogP contribution in [0.1, 0.15) is 29.4 Å². The standard InChI is InChI=1S/C15H15ClFNO2S/c1-15(20)5-2-6-18(8-15)14(19)13-12(16)10-4-3-9(17)7-11(10)21-13/h3-4,7,20H,2,5-6,8H2,1H3. The number of likely N-dealkylation sites (tertiary alicyclic amines) is 1. The summed E-state index contributed by atoms with van der Waals surface area (Å²) in [5, 5.41) is 11.2. The molecule has 0 saturated carbocycles. The summed E-state index contributed by atoms with van der Waals surface area (Å²) < 4.78 is 13.9. The zero-order chi connectivity index (χ0) is 15.2. The Morgan fingerprint density at radius 3 is 3.00 bits per heavy atom. The van der Waals surface area contributed by atoms with Crippen molar-refractivity contribution in [2.45, 2.75) is 25.4 Å². The summed E-state index contributed by atoms with van der Waals surface area (Å²) in [5.41, 5.74) is -0.858. The normalized spacial score (nSPS) is 22.8. The van der Waals surface area contributed by atoms with E-state index in [1.807, 2.05) is 0 Å². The van der Waals surface area contributed by atoms with Crippen molar-refractivity contribution in [2.75, 3.05) is 13.1 Å². The van der Waals surface area contributed by atoms with E-state index in [1.165, 1.54) is 23.5 Å². The van der Waals surface area contributed by atoms with E-state index in [9.17, 15) is 14.3 Å². The molecule has 1 saturated heterocycles. The number of aliphatic hydroxyl groups is 1. The fourth-order valence-corrected chi connectivity index (χ4v) is 4.22. The number of β-amino-alcohol motifs (C(OH)–C–C–N with tert-alkyl or cyclic N) is 1. The predicted molar refractivity (Wildman–Crippen MR) is 82.6 cm³/mol. The first-order valence-electron chi connectivity index (χ1n) is 6.77. The Labute approximate surface area is 130 Å². The molecule has 1 aliphatic heterocycles. The van der Waals surface area contributed by atoms with Crippen LogP contribution in [0.3, 0.4) is 0 Å². The van der Waals surface area contributed by atoms with E-state index in [0.29, 0.717) is 39.5 Å². The molecule has 2 heterocycles. The van der Waals surface area contributed by atoms with Gasteiger partial charge in [-0.15, -0.1) is 11.3 Å². The van der Waals surface area contributed by atoms with E-state index < -0.39 is 5.60 Å². The lowest BCUT2D eigenvalue weighted by molar-refractivity contribution is -0.0105. The molecule has 21 heavy (non-hydrogen) atoms. The van der Waals surface area contributed by atoms with Gasteiger partial charge in [-0.2, -0.15) is 0 Å². The van der Waals surface area contributed by atoms with Crippen LogP contribution in [0.2, 0.25) is 5.02 Å². The molecule has 1 aliphatic rings. The monoisotopic (exact) mass is 327 g/mol. The summed E-state index contributed by atoms with van der Waals surface area (Å²) in [7, 11) is 0. The lowest BCUT2D eigenvalue weighted by atomic mass is 9.95. The van der Waals surface area contributed by atoms with Gasteiger partial charge < -0.3 is 10.0 Å². The number of hydrogen-bond acceptors (Lipinski definition) is 3. The molecule has 0 spiro atoms. The number of carbonyl (C=O) groups excluding carboxylic acids is 1. The van der Waals surface area contributed by atoms with Crippen LogP contribution in [0.15, 0.2) is 18.2 Å². The number of hydrogen-bond donors (Lipinski definition) is 1. The van der Waals surface area contributed by atoms with Gasteiger partial charge in [-0.25, -0.2) is 4.39 Å². The third-order valence-corrected chi connectivity index (χ3v) is 5.39. The Kier molecular flexibility index (Phi) is 3.67. The van der Waals surface area contributed by atoms with Crippen LogP contribution in [0.4, 0.5) is 4.39 Å². The summed E-state index contributed by atoms with van der Waals surface area (Å²) in [4.78, 5) is 14.6. The van der Waals surface area contributed by atoms with Gasteiger partial charge in [0.05, 0.1) is 10.6 Å². The quantitative estimate of drug-likeness (QED) is 0.868. The van der Waals surface area contributed by atoms with Crippen molar-refractivity contribution in [3.8, 4) is 0 Å². The second-order valence-electron chi connectivity index (χ2n) is 5.71. The van der Waals surface area contributed by atoms with Gasteiger partial charge in [-0.1, -0.05) is 11.6 Å². The molecule has 1 aromatic heterocycles. The second kappa shape index (κ2) is 5.23. The highest BCUT2D eigenvalue weighted by molar-refractivity contribution is 7.21. The molecule has 1 fully saturated rings. The van der Waals surface area contributed by atoms with Gasteiger partial charge >= 0.3 is 0 Å².